The normalized spacial score (nSPS) is 17.8. The van der Waals surface area contributed by atoms with Crippen molar-refractivity contribution < 1.29 is 14.1 Å². The Morgan fingerprint density at radius 2 is 2.21 bits per heavy atom. The molecule has 1 aromatic carbocycles. The van der Waals surface area contributed by atoms with Crippen LogP contribution < -0.4 is 10.5 Å². The molecule has 1 aliphatic heterocycles. The standard InChI is InChI=1S/C18H23N3O3/c1-12-16(13(2)24-20-12)11-23-17-8-4-3-7-15(17)18(22)21-9-5-6-14(19)10-21/h3-4,7-8,14H,5-6,9-11,19H2,1-2H3. The number of rotatable bonds is 4. The number of para-hydroxylation sites is 1. The molecule has 128 valence electrons. The quantitative estimate of drug-likeness (QED) is 0.931. The number of amides is 1. The third-order valence-electron chi connectivity index (χ3n) is 4.42. The molecule has 0 radical (unpaired) electrons. The molecular formula is C18H23N3O3. The van der Waals surface area contributed by atoms with Gasteiger partial charge in [0.05, 0.1) is 16.8 Å². The highest BCUT2D eigenvalue weighted by molar-refractivity contribution is 5.97. The van der Waals surface area contributed by atoms with E-state index in [4.69, 9.17) is 15.0 Å². The predicted molar refractivity (Wildman–Crippen MR) is 89.9 cm³/mol. The van der Waals surface area contributed by atoms with E-state index in [1.54, 1.807) is 6.07 Å². The summed E-state index contributed by atoms with van der Waals surface area (Å²) in [5.74, 6) is 1.28. The van der Waals surface area contributed by atoms with Gasteiger partial charge in [0, 0.05) is 19.1 Å². The van der Waals surface area contributed by atoms with Crippen molar-refractivity contribution in [1.82, 2.24) is 10.1 Å². The van der Waals surface area contributed by atoms with Crippen molar-refractivity contribution in [2.45, 2.75) is 39.3 Å². The Bertz CT molecular complexity index is 707. The fourth-order valence-corrected chi connectivity index (χ4v) is 2.99. The van der Waals surface area contributed by atoms with Gasteiger partial charge in [0.1, 0.15) is 18.1 Å². The largest absolute Gasteiger partial charge is 0.488 e. The average molecular weight is 329 g/mol. The summed E-state index contributed by atoms with van der Waals surface area (Å²) >= 11 is 0. The van der Waals surface area contributed by atoms with E-state index in [0.717, 1.165) is 36.4 Å². The third kappa shape index (κ3) is 3.43. The van der Waals surface area contributed by atoms with E-state index in [1.807, 2.05) is 36.9 Å². The smallest absolute Gasteiger partial charge is 0.257 e. The maximum absolute atomic E-state index is 12.8. The minimum absolute atomic E-state index is 0.0282. The number of nitrogens with two attached hydrogens (primary N) is 1. The van der Waals surface area contributed by atoms with Gasteiger partial charge in [-0.05, 0) is 38.8 Å². The minimum Gasteiger partial charge on any atom is -0.488 e. The van der Waals surface area contributed by atoms with E-state index in [2.05, 4.69) is 5.16 Å². The van der Waals surface area contributed by atoms with Crippen molar-refractivity contribution in [3.8, 4) is 5.75 Å². The Hall–Kier alpha value is -2.34. The van der Waals surface area contributed by atoms with Gasteiger partial charge in [-0.3, -0.25) is 4.79 Å². The van der Waals surface area contributed by atoms with Gasteiger partial charge in [-0.15, -0.1) is 0 Å². The van der Waals surface area contributed by atoms with Crippen molar-refractivity contribution >= 4 is 5.91 Å². The highest BCUT2D eigenvalue weighted by atomic mass is 16.5. The molecule has 0 spiro atoms. The SMILES string of the molecule is Cc1noc(C)c1COc1ccccc1C(=O)N1CCCC(N)C1. The molecule has 24 heavy (non-hydrogen) atoms. The molecular weight excluding hydrogens is 306 g/mol. The summed E-state index contributed by atoms with van der Waals surface area (Å²) in [6, 6.07) is 7.37. The Kier molecular flexibility index (Phi) is 4.85. The van der Waals surface area contributed by atoms with Gasteiger partial charge in [0.15, 0.2) is 0 Å². The summed E-state index contributed by atoms with van der Waals surface area (Å²) in [6.07, 6.45) is 1.91. The third-order valence-corrected chi connectivity index (χ3v) is 4.42. The zero-order chi connectivity index (χ0) is 17.1. The molecule has 1 aromatic heterocycles. The monoisotopic (exact) mass is 329 g/mol. The molecule has 0 aliphatic carbocycles. The number of nitrogens with zero attached hydrogens (tertiary/aromatic N) is 2. The molecule has 1 unspecified atom stereocenters. The van der Waals surface area contributed by atoms with Crippen LogP contribution in [0.25, 0.3) is 0 Å². The number of aryl methyl sites for hydroxylation is 2. The molecule has 2 N–H and O–H groups in total. The summed E-state index contributed by atoms with van der Waals surface area (Å²) in [4.78, 5) is 14.6. The van der Waals surface area contributed by atoms with Crippen LogP contribution in [0.1, 0.15) is 40.2 Å². The predicted octanol–water partition coefficient (Wildman–Crippen LogP) is 2.43. The first-order valence-electron chi connectivity index (χ1n) is 8.24. The van der Waals surface area contributed by atoms with Gasteiger partial charge in [0.25, 0.3) is 5.91 Å². The number of ether oxygens (including phenoxy) is 1. The summed E-state index contributed by atoms with van der Waals surface area (Å²) in [5, 5.41) is 3.92. The van der Waals surface area contributed by atoms with Crippen LogP contribution in [0.5, 0.6) is 5.75 Å². The van der Waals surface area contributed by atoms with Crippen molar-refractivity contribution in [3.63, 3.8) is 0 Å². The topological polar surface area (TPSA) is 81.6 Å². The summed E-state index contributed by atoms with van der Waals surface area (Å²) < 4.78 is 11.1. The van der Waals surface area contributed by atoms with Crippen LogP contribution in [0.15, 0.2) is 28.8 Å². The van der Waals surface area contributed by atoms with Gasteiger partial charge in [-0.25, -0.2) is 0 Å². The molecule has 1 fully saturated rings. The zero-order valence-electron chi connectivity index (χ0n) is 14.1. The molecule has 1 saturated heterocycles. The molecule has 3 rings (SSSR count). The van der Waals surface area contributed by atoms with Crippen LogP contribution in [0.3, 0.4) is 0 Å². The van der Waals surface area contributed by atoms with Gasteiger partial charge in [0.2, 0.25) is 0 Å². The van der Waals surface area contributed by atoms with E-state index < -0.39 is 0 Å². The average Bonchev–Trinajstić information content (AvgIpc) is 2.91. The molecule has 1 aliphatic rings. The van der Waals surface area contributed by atoms with E-state index in [9.17, 15) is 4.79 Å². The van der Waals surface area contributed by atoms with Crippen LogP contribution in [0, 0.1) is 13.8 Å². The lowest BCUT2D eigenvalue weighted by Gasteiger charge is -2.31. The van der Waals surface area contributed by atoms with E-state index in [1.165, 1.54) is 0 Å². The van der Waals surface area contributed by atoms with Crippen LogP contribution in [0.2, 0.25) is 0 Å². The lowest BCUT2D eigenvalue weighted by Crippen LogP contribution is -2.45. The van der Waals surface area contributed by atoms with Crippen LogP contribution in [-0.2, 0) is 6.61 Å². The van der Waals surface area contributed by atoms with Gasteiger partial charge >= 0.3 is 0 Å². The number of benzene rings is 1. The second kappa shape index (κ2) is 7.05. The summed E-state index contributed by atoms with van der Waals surface area (Å²) in [6.45, 7) is 5.39. The Labute approximate surface area is 141 Å². The molecule has 2 aromatic rings. The Balaban J connectivity index is 1.76. The lowest BCUT2D eigenvalue weighted by molar-refractivity contribution is 0.0704. The molecule has 1 amide bonds. The van der Waals surface area contributed by atoms with Gasteiger partial charge < -0.3 is 19.9 Å². The number of piperidine rings is 1. The maximum Gasteiger partial charge on any atom is 0.257 e. The van der Waals surface area contributed by atoms with E-state index >= 15 is 0 Å². The fraction of sp³-hybridized carbons (Fsp3) is 0.444. The molecule has 0 saturated carbocycles. The second-order valence-corrected chi connectivity index (χ2v) is 6.24. The van der Waals surface area contributed by atoms with Gasteiger partial charge in [-0.1, -0.05) is 17.3 Å². The number of carbonyl (C=O) groups is 1. The van der Waals surface area contributed by atoms with Crippen molar-refractivity contribution in [2.24, 2.45) is 5.73 Å². The lowest BCUT2D eigenvalue weighted by atomic mass is 10.0. The van der Waals surface area contributed by atoms with Crippen molar-refractivity contribution in [3.05, 3.63) is 46.8 Å². The van der Waals surface area contributed by atoms with Crippen molar-refractivity contribution in [2.75, 3.05) is 13.1 Å². The molecule has 2 heterocycles. The first kappa shape index (κ1) is 16.5. The number of aromatic nitrogens is 1. The van der Waals surface area contributed by atoms with Crippen LogP contribution in [-0.4, -0.2) is 35.1 Å². The number of hydrogen-bond donors (Lipinski definition) is 1. The fourth-order valence-electron chi connectivity index (χ4n) is 2.99. The summed E-state index contributed by atoms with van der Waals surface area (Å²) in [7, 11) is 0. The number of carbonyl (C=O) groups excluding carboxylic acids is 1. The first-order chi connectivity index (χ1) is 11.6. The zero-order valence-corrected chi connectivity index (χ0v) is 14.1. The second-order valence-electron chi connectivity index (χ2n) is 6.24. The molecule has 6 nitrogen and oxygen atoms in total. The minimum atomic E-state index is -0.0282. The number of likely N-dealkylation sites (tertiary alicyclic amines) is 1. The maximum atomic E-state index is 12.8. The molecule has 0 bridgehead atoms. The molecule has 1 atom stereocenters. The van der Waals surface area contributed by atoms with Crippen LogP contribution in [0.4, 0.5) is 0 Å². The van der Waals surface area contributed by atoms with E-state index in [-0.39, 0.29) is 11.9 Å². The van der Waals surface area contributed by atoms with Crippen molar-refractivity contribution in [1.29, 1.82) is 0 Å². The van der Waals surface area contributed by atoms with Crippen LogP contribution >= 0.6 is 0 Å². The first-order valence-corrected chi connectivity index (χ1v) is 8.24. The molecule has 6 heteroatoms. The highest BCUT2D eigenvalue weighted by Crippen LogP contribution is 2.24. The Morgan fingerprint density at radius 1 is 1.42 bits per heavy atom. The van der Waals surface area contributed by atoms with Gasteiger partial charge in [-0.2, -0.15) is 0 Å². The van der Waals surface area contributed by atoms with E-state index in [0.29, 0.717) is 24.5 Å². The number of hydrogen-bond acceptors (Lipinski definition) is 5. The highest BCUT2D eigenvalue weighted by Gasteiger charge is 2.24. The Morgan fingerprint density at radius 3 is 2.92 bits per heavy atom. The summed E-state index contributed by atoms with van der Waals surface area (Å²) in [5.41, 5.74) is 8.28.